The van der Waals surface area contributed by atoms with Gasteiger partial charge in [-0.25, -0.2) is 0 Å². The number of aromatic nitrogens is 1. The van der Waals surface area contributed by atoms with E-state index in [-0.39, 0.29) is 5.41 Å². The molecule has 0 bridgehead atoms. The van der Waals surface area contributed by atoms with Crippen molar-refractivity contribution in [2.45, 2.75) is 64.7 Å². The Morgan fingerprint density at radius 2 is 1.94 bits per heavy atom. The minimum atomic E-state index is 0.184. The van der Waals surface area contributed by atoms with Crippen molar-refractivity contribution < 1.29 is 4.52 Å². The van der Waals surface area contributed by atoms with Crippen LogP contribution in [-0.2, 0) is 11.8 Å². The molecule has 3 heteroatoms. The molecule has 2 N–H and O–H groups in total. The van der Waals surface area contributed by atoms with Crippen molar-refractivity contribution in [2.75, 3.05) is 5.73 Å². The third-order valence-electron chi connectivity index (χ3n) is 3.96. The number of hydrogen-bond donors (Lipinski definition) is 1. The molecule has 1 heterocycles. The molecule has 1 saturated carbocycles. The third-order valence-corrected chi connectivity index (χ3v) is 3.96. The average Bonchev–Trinajstić information content (AvgIpc) is 2.61. The molecule has 0 aliphatic heterocycles. The first-order valence-electron chi connectivity index (χ1n) is 6.77. The Kier molecular flexibility index (Phi) is 3.45. The lowest BCUT2D eigenvalue weighted by Crippen LogP contribution is -2.27. The van der Waals surface area contributed by atoms with E-state index in [0.717, 1.165) is 17.7 Å². The van der Waals surface area contributed by atoms with Crippen LogP contribution in [-0.4, -0.2) is 5.16 Å². The van der Waals surface area contributed by atoms with Crippen LogP contribution in [0.4, 0.5) is 5.88 Å². The van der Waals surface area contributed by atoms with Gasteiger partial charge in [0.2, 0.25) is 5.88 Å². The van der Waals surface area contributed by atoms with E-state index in [2.05, 4.69) is 25.9 Å². The Balaban J connectivity index is 2.30. The van der Waals surface area contributed by atoms with Crippen LogP contribution in [0.5, 0.6) is 0 Å². The van der Waals surface area contributed by atoms with Crippen molar-refractivity contribution in [3.8, 4) is 0 Å². The fraction of sp³-hybridized carbons (Fsp3) is 0.786. The highest BCUT2D eigenvalue weighted by Crippen LogP contribution is 2.41. The van der Waals surface area contributed by atoms with Gasteiger partial charge in [-0.05, 0) is 25.2 Å². The van der Waals surface area contributed by atoms with Gasteiger partial charge in [0.25, 0.3) is 0 Å². The van der Waals surface area contributed by atoms with Gasteiger partial charge in [-0.3, -0.25) is 0 Å². The lowest BCUT2D eigenvalue weighted by Gasteiger charge is -2.32. The quantitative estimate of drug-likeness (QED) is 0.871. The summed E-state index contributed by atoms with van der Waals surface area (Å²) in [7, 11) is 0. The Labute approximate surface area is 104 Å². The van der Waals surface area contributed by atoms with Gasteiger partial charge < -0.3 is 10.3 Å². The zero-order valence-electron chi connectivity index (χ0n) is 11.3. The fourth-order valence-corrected chi connectivity index (χ4v) is 2.97. The van der Waals surface area contributed by atoms with Crippen molar-refractivity contribution in [3.05, 3.63) is 11.3 Å². The Morgan fingerprint density at radius 3 is 2.53 bits per heavy atom. The zero-order chi connectivity index (χ0) is 12.5. The summed E-state index contributed by atoms with van der Waals surface area (Å²) in [6.07, 6.45) is 7.34. The molecule has 1 aromatic rings. The molecule has 1 fully saturated rings. The molecule has 17 heavy (non-hydrogen) atoms. The summed E-state index contributed by atoms with van der Waals surface area (Å²) in [6.45, 7) is 6.73. The molecular weight excluding hydrogens is 212 g/mol. The van der Waals surface area contributed by atoms with Crippen LogP contribution < -0.4 is 5.73 Å². The predicted octanol–water partition coefficient (Wildman–Crippen LogP) is 3.68. The van der Waals surface area contributed by atoms with Crippen LogP contribution >= 0.6 is 0 Å². The van der Waals surface area contributed by atoms with Crippen LogP contribution in [0.2, 0.25) is 0 Å². The highest BCUT2D eigenvalue weighted by atomic mass is 16.5. The molecule has 0 aromatic carbocycles. The van der Waals surface area contributed by atoms with E-state index in [4.69, 9.17) is 10.3 Å². The maximum absolute atomic E-state index is 5.93. The molecule has 0 unspecified atom stereocenters. The molecule has 1 aliphatic carbocycles. The largest absolute Gasteiger partial charge is 0.367 e. The lowest BCUT2D eigenvalue weighted by atomic mass is 9.72. The van der Waals surface area contributed by atoms with Gasteiger partial charge in [0.15, 0.2) is 0 Å². The van der Waals surface area contributed by atoms with E-state index in [0.29, 0.717) is 11.8 Å². The van der Waals surface area contributed by atoms with Crippen molar-refractivity contribution in [3.63, 3.8) is 0 Å². The van der Waals surface area contributed by atoms with Crippen LogP contribution in [0.25, 0.3) is 0 Å². The van der Waals surface area contributed by atoms with Gasteiger partial charge in [0.1, 0.15) is 0 Å². The van der Waals surface area contributed by atoms with Crippen LogP contribution in [0.1, 0.15) is 64.1 Å². The molecule has 1 aliphatic rings. The van der Waals surface area contributed by atoms with Crippen molar-refractivity contribution in [2.24, 2.45) is 5.92 Å². The highest BCUT2D eigenvalue weighted by Gasteiger charge is 2.35. The summed E-state index contributed by atoms with van der Waals surface area (Å²) in [6, 6.07) is 0. The van der Waals surface area contributed by atoms with Gasteiger partial charge in [-0.15, -0.1) is 0 Å². The van der Waals surface area contributed by atoms with Crippen molar-refractivity contribution in [1.82, 2.24) is 5.16 Å². The minimum Gasteiger partial charge on any atom is -0.367 e. The maximum Gasteiger partial charge on any atom is 0.225 e. The van der Waals surface area contributed by atoms with Gasteiger partial charge >= 0.3 is 0 Å². The van der Waals surface area contributed by atoms with E-state index >= 15 is 0 Å². The number of nitrogens with two attached hydrogens (primary N) is 1. The molecule has 0 amide bonds. The molecular formula is C14H24N2O. The van der Waals surface area contributed by atoms with Gasteiger partial charge in [-0.2, -0.15) is 0 Å². The standard InChI is InChI=1S/C14H24N2O/c1-10(2)9-11-12(16-17-13(11)15)14(3)7-5-4-6-8-14/h10H,4-9,15H2,1-3H3. The molecule has 0 saturated heterocycles. The summed E-state index contributed by atoms with van der Waals surface area (Å²) in [4.78, 5) is 0. The Morgan fingerprint density at radius 1 is 1.29 bits per heavy atom. The Bertz CT molecular complexity index is 376. The maximum atomic E-state index is 5.93. The first-order chi connectivity index (χ1) is 8.03. The fourth-order valence-electron chi connectivity index (χ4n) is 2.97. The van der Waals surface area contributed by atoms with E-state index in [1.807, 2.05) is 0 Å². The molecule has 0 atom stereocenters. The Hall–Kier alpha value is -0.990. The summed E-state index contributed by atoms with van der Waals surface area (Å²) >= 11 is 0. The molecule has 0 radical (unpaired) electrons. The average molecular weight is 236 g/mol. The summed E-state index contributed by atoms with van der Waals surface area (Å²) < 4.78 is 5.24. The highest BCUT2D eigenvalue weighted by molar-refractivity contribution is 5.42. The topological polar surface area (TPSA) is 52.0 Å². The summed E-state index contributed by atoms with van der Waals surface area (Å²) in [5.74, 6) is 1.11. The van der Waals surface area contributed by atoms with Gasteiger partial charge in [-0.1, -0.05) is 45.2 Å². The van der Waals surface area contributed by atoms with Crippen LogP contribution in [0.15, 0.2) is 4.52 Å². The summed E-state index contributed by atoms with van der Waals surface area (Å²) in [5, 5.41) is 4.26. The molecule has 0 spiro atoms. The molecule has 96 valence electrons. The summed E-state index contributed by atoms with van der Waals surface area (Å²) in [5.41, 5.74) is 8.40. The van der Waals surface area contributed by atoms with E-state index < -0.39 is 0 Å². The van der Waals surface area contributed by atoms with Crippen molar-refractivity contribution >= 4 is 5.88 Å². The van der Waals surface area contributed by atoms with Crippen molar-refractivity contribution in [1.29, 1.82) is 0 Å². The number of anilines is 1. The lowest BCUT2D eigenvalue weighted by molar-refractivity contribution is 0.293. The van der Waals surface area contributed by atoms with Crippen LogP contribution in [0, 0.1) is 5.92 Å². The third kappa shape index (κ3) is 2.48. The van der Waals surface area contributed by atoms with E-state index in [1.165, 1.54) is 32.1 Å². The molecule has 3 nitrogen and oxygen atoms in total. The van der Waals surface area contributed by atoms with E-state index in [1.54, 1.807) is 0 Å². The first-order valence-corrected chi connectivity index (χ1v) is 6.77. The smallest absolute Gasteiger partial charge is 0.225 e. The number of nitrogen functional groups attached to an aromatic ring is 1. The SMILES string of the molecule is CC(C)Cc1c(C2(C)CCCCC2)noc1N. The number of rotatable bonds is 3. The second-order valence-electron chi connectivity index (χ2n) is 6.09. The van der Waals surface area contributed by atoms with E-state index in [9.17, 15) is 0 Å². The normalized spacial score (nSPS) is 19.8. The first kappa shape index (κ1) is 12.5. The molecule has 2 rings (SSSR count). The second-order valence-corrected chi connectivity index (χ2v) is 6.09. The minimum absolute atomic E-state index is 0.184. The van der Waals surface area contributed by atoms with Gasteiger partial charge in [0.05, 0.1) is 5.69 Å². The van der Waals surface area contributed by atoms with Crippen LogP contribution in [0.3, 0.4) is 0 Å². The van der Waals surface area contributed by atoms with Gasteiger partial charge in [0, 0.05) is 11.0 Å². The second kappa shape index (κ2) is 4.71. The number of nitrogens with zero attached hydrogens (tertiary/aromatic N) is 1. The predicted molar refractivity (Wildman–Crippen MR) is 69.9 cm³/mol. The number of hydrogen-bond acceptors (Lipinski definition) is 3. The zero-order valence-corrected chi connectivity index (χ0v) is 11.3. The molecule has 1 aromatic heterocycles. The monoisotopic (exact) mass is 236 g/mol.